The predicted molar refractivity (Wildman–Crippen MR) is 98.6 cm³/mol. The summed E-state index contributed by atoms with van der Waals surface area (Å²) in [5, 5.41) is 14.5. The maximum absolute atomic E-state index is 12.3. The summed E-state index contributed by atoms with van der Waals surface area (Å²) in [5.74, 6) is 0.744. The van der Waals surface area contributed by atoms with E-state index < -0.39 is 0 Å². The van der Waals surface area contributed by atoms with Crippen molar-refractivity contribution in [3.05, 3.63) is 65.0 Å². The van der Waals surface area contributed by atoms with E-state index in [0.29, 0.717) is 18.8 Å². The highest BCUT2D eigenvalue weighted by Gasteiger charge is 2.26. The van der Waals surface area contributed by atoms with Gasteiger partial charge in [-0.25, -0.2) is 0 Å². The number of aromatic amines is 1. The SMILES string of the molecule is [O-]N1CC(=Cc2cc3ccccc3[nH]2)c2c(OCC3CO3)cccc21. The number of nitrogens with one attached hydrogen (secondary N) is 1. The van der Waals surface area contributed by atoms with Crippen molar-refractivity contribution in [3.63, 3.8) is 0 Å². The quantitative estimate of drug-likeness (QED) is 0.738. The third-order valence-corrected chi connectivity index (χ3v) is 4.62. The molecule has 1 N–H and O–H groups in total. The van der Waals surface area contributed by atoms with Crippen molar-refractivity contribution in [1.29, 1.82) is 0 Å². The van der Waals surface area contributed by atoms with Crippen molar-refractivity contribution in [1.82, 2.24) is 4.98 Å². The van der Waals surface area contributed by atoms with Crippen LogP contribution in [0.5, 0.6) is 5.75 Å². The molecule has 1 saturated heterocycles. The van der Waals surface area contributed by atoms with Gasteiger partial charge in [0.1, 0.15) is 18.5 Å². The van der Waals surface area contributed by atoms with E-state index in [2.05, 4.69) is 17.1 Å². The molecule has 2 aliphatic heterocycles. The molecule has 0 saturated carbocycles. The van der Waals surface area contributed by atoms with Crippen LogP contribution in [0, 0.1) is 5.21 Å². The fourth-order valence-electron chi connectivity index (χ4n) is 3.32. The number of hydroxylamine groups is 1. The molecule has 1 atom stereocenters. The zero-order chi connectivity index (χ0) is 16.8. The summed E-state index contributed by atoms with van der Waals surface area (Å²) >= 11 is 0. The molecule has 5 heteroatoms. The zero-order valence-electron chi connectivity index (χ0n) is 13.6. The molecule has 0 spiro atoms. The summed E-state index contributed by atoms with van der Waals surface area (Å²) < 4.78 is 11.1. The second kappa shape index (κ2) is 5.65. The lowest BCUT2D eigenvalue weighted by Crippen LogP contribution is -2.09. The minimum Gasteiger partial charge on any atom is -0.758 e. The predicted octanol–water partition coefficient (Wildman–Crippen LogP) is 3.80. The Morgan fingerprint density at radius 1 is 1.24 bits per heavy atom. The fraction of sp³-hybridized carbons (Fsp3) is 0.200. The minimum atomic E-state index is 0.182. The third-order valence-electron chi connectivity index (χ3n) is 4.62. The lowest BCUT2D eigenvalue weighted by atomic mass is 10.1. The number of fused-ring (bicyclic) bond motifs is 2. The first-order valence-corrected chi connectivity index (χ1v) is 8.39. The molecule has 5 nitrogen and oxygen atoms in total. The van der Waals surface area contributed by atoms with Crippen LogP contribution in [0.2, 0.25) is 0 Å². The smallest absolute Gasteiger partial charge is 0.129 e. The molecule has 1 aromatic heterocycles. The maximum atomic E-state index is 12.3. The molecule has 3 heterocycles. The summed E-state index contributed by atoms with van der Waals surface area (Å²) in [6.07, 6.45) is 2.22. The van der Waals surface area contributed by atoms with Crippen LogP contribution in [0.4, 0.5) is 5.69 Å². The molecule has 126 valence electrons. The van der Waals surface area contributed by atoms with Gasteiger partial charge in [0.2, 0.25) is 0 Å². The minimum absolute atomic E-state index is 0.182. The number of H-pyrrole nitrogens is 1. The number of aromatic nitrogens is 1. The van der Waals surface area contributed by atoms with Crippen molar-refractivity contribution in [2.24, 2.45) is 0 Å². The van der Waals surface area contributed by atoms with Crippen LogP contribution in [0.1, 0.15) is 11.3 Å². The van der Waals surface area contributed by atoms with E-state index in [1.807, 2.05) is 42.5 Å². The first kappa shape index (κ1) is 14.6. The van der Waals surface area contributed by atoms with Crippen molar-refractivity contribution in [2.75, 3.05) is 24.8 Å². The van der Waals surface area contributed by atoms with Crippen LogP contribution in [0.25, 0.3) is 22.6 Å². The van der Waals surface area contributed by atoms with Crippen LogP contribution in [0.3, 0.4) is 0 Å². The number of hydrogen-bond donors (Lipinski definition) is 1. The van der Waals surface area contributed by atoms with Gasteiger partial charge in [0.05, 0.1) is 6.61 Å². The van der Waals surface area contributed by atoms with Gasteiger partial charge in [-0.3, -0.25) is 0 Å². The number of epoxide rings is 1. The molecule has 0 aliphatic carbocycles. The Morgan fingerprint density at radius 3 is 2.96 bits per heavy atom. The Morgan fingerprint density at radius 2 is 2.12 bits per heavy atom. The van der Waals surface area contributed by atoms with Crippen LogP contribution in [-0.2, 0) is 4.74 Å². The molecule has 3 aromatic rings. The Hall–Kier alpha value is -2.76. The summed E-state index contributed by atoms with van der Waals surface area (Å²) in [4.78, 5) is 3.39. The number of para-hydroxylation sites is 1. The lowest BCUT2D eigenvalue weighted by Gasteiger charge is -2.24. The van der Waals surface area contributed by atoms with E-state index in [9.17, 15) is 5.21 Å². The summed E-state index contributed by atoms with van der Waals surface area (Å²) in [6.45, 7) is 1.60. The first-order valence-electron chi connectivity index (χ1n) is 8.39. The number of hydrogen-bond acceptors (Lipinski definition) is 4. The van der Waals surface area contributed by atoms with Gasteiger partial charge in [-0.1, -0.05) is 24.3 Å². The molecule has 5 rings (SSSR count). The van der Waals surface area contributed by atoms with E-state index in [1.54, 1.807) is 0 Å². The second-order valence-electron chi connectivity index (χ2n) is 6.43. The summed E-state index contributed by atoms with van der Waals surface area (Å²) in [5.41, 5.74) is 4.58. The van der Waals surface area contributed by atoms with Crippen molar-refractivity contribution in [3.8, 4) is 5.75 Å². The van der Waals surface area contributed by atoms with Crippen LogP contribution in [0.15, 0.2) is 48.5 Å². The number of anilines is 1. The Balaban J connectivity index is 1.54. The van der Waals surface area contributed by atoms with Gasteiger partial charge in [0.25, 0.3) is 0 Å². The van der Waals surface area contributed by atoms with Crippen LogP contribution >= 0.6 is 0 Å². The number of ether oxygens (including phenoxy) is 2. The van der Waals surface area contributed by atoms with E-state index in [-0.39, 0.29) is 6.10 Å². The van der Waals surface area contributed by atoms with E-state index in [4.69, 9.17) is 9.47 Å². The molecular formula is C20H17N2O3-. The average molecular weight is 333 g/mol. The van der Waals surface area contributed by atoms with E-state index >= 15 is 0 Å². The Labute approximate surface area is 145 Å². The lowest BCUT2D eigenvalue weighted by molar-refractivity contribution is 0.262. The molecule has 2 aliphatic rings. The van der Waals surface area contributed by atoms with Gasteiger partial charge in [0.15, 0.2) is 0 Å². The van der Waals surface area contributed by atoms with Crippen LogP contribution < -0.4 is 9.80 Å². The molecule has 0 bridgehead atoms. The zero-order valence-corrected chi connectivity index (χ0v) is 13.6. The topological polar surface area (TPSA) is 63.8 Å². The van der Waals surface area contributed by atoms with Gasteiger partial charge < -0.3 is 24.7 Å². The fourth-order valence-corrected chi connectivity index (χ4v) is 3.32. The Bertz CT molecular complexity index is 939. The molecule has 0 amide bonds. The van der Waals surface area contributed by atoms with E-state index in [0.717, 1.165) is 45.2 Å². The van der Waals surface area contributed by atoms with Crippen LogP contribution in [-0.4, -0.2) is 30.8 Å². The van der Waals surface area contributed by atoms with Crippen molar-refractivity contribution >= 4 is 28.2 Å². The Kier molecular flexibility index (Phi) is 3.29. The number of nitrogens with zero attached hydrogens (tertiary/aromatic N) is 1. The van der Waals surface area contributed by atoms with Gasteiger partial charge in [0, 0.05) is 29.0 Å². The normalized spacial score (nSPS) is 20.3. The standard InChI is InChI=1S/C20H17N2O3/c23-22-10-14(9-15-8-13-4-1-2-5-17(13)21-15)20-18(22)6-3-7-19(20)25-12-16-11-24-16/h1-9,16,21H,10-12H2/q-1. The maximum Gasteiger partial charge on any atom is 0.129 e. The van der Waals surface area contributed by atoms with E-state index in [1.165, 1.54) is 0 Å². The van der Waals surface area contributed by atoms with Crippen molar-refractivity contribution in [2.45, 2.75) is 6.10 Å². The average Bonchev–Trinajstić information content (AvgIpc) is 3.28. The molecule has 25 heavy (non-hydrogen) atoms. The number of benzene rings is 2. The molecule has 1 unspecified atom stereocenters. The molecular weight excluding hydrogens is 316 g/mol. The third kappa shape index (κ3) is 2.67. The van der Waals surface area contributed by atoms with Crippen molar-refractivity contribution < 1.29 is 9.47 Å². The largest absolute Gasteiger partial charge is 0.758 e. The molecule has 0 radical (unpaired) electrons. The van der Waals surface area contributed by atoms with Gasteiger partial charge in [-0.15, -0.1) is 0 Å². The summed E-state index contributed by atoms with van der Waals surface area (Å²) in [6, 6.07) is 15.9. The highest BCUT2D eigenvalue weighted by atomic mass is 16.6. The molecule has 1 fully saturated rings. The number of rotatable bonds is 4. The highest BCUT2D eigenvalue weighted by Crippen LogP contribution is 2.42. The molecule has 2 aromatic carbocycles. The van der Waals surface area contributed by atoms with Gasteiger partial charge >= 0.3 is 0 Å². The van der Waals surface area contributed by atoms with Gasteiger partial charge in [-0.05, 0) is 41.3 Å². The highest BCUT2D eigenvalue weighted by molar-refractivity contribution is 5.97. The first-order chi connectivity index (χ1) is 12.3. The second-order valence-corrected chi connectivity index (χ2v) is 6.43. The summed E-state index contributed by atoms with van der Waals surface area (Å²) in [7, 11) is 0. The monoisotopic (exact) mass is 333 g/mol. The van der Waals surface area contributed by atoms with Gasteiger partial charge in [-0.2, -0.15) is 0 Å².